The van der Waals surface area contributed by atoms with Crippen LogP contribution < -0.4 is 0 Å². The topological polar surface area (TPSA) is 33.0 Å². The first-order chi connectivity index (χ1) is 5.81. The van der Waals surface area contributed by atoms with Crippen molar-refractivity contribution in [1.29, 1.82) is 5.26 Å². The van der Waals surface area contributed by atoms with Crippen molar-refractivity contribution in [1.82, 2.24) is 0 Å². The van der Waals surface area contributed by atoms with Crippen LogP contribution in [-0.2, 0) is 11.3 Å². The van der Waals surface area contributed by atoms with E-state index >= 15 is 0 Å². The number of benzene rings is 1. The van der Waals surface area contributed by atoms with Crippen molar-refractivity contribution in [2.75, 3.05) is 0 Å². The fourth-order valence-electron chi connectivity index (χ4n) is 1.20. The van der Waals surface area contributed by atoms with E-state index in [1.54, 1.807) is 6.07 Å². The van der Waals surface area contributed by atoms with Crippen LogP contribution in [0.25, 0.3) is 0 Å². The van der Waals surface area contributed by atoms with Crippen LogP contribution >= 0.6 is 12.2 Å². The molecule has 1 aliphatic rings. The Labute approximate surface area is 75.4 Å². The molecule has 1 aromatic rings. The van der Waals surface area contributed by atoms with Crippen molar-refractivity contribution in [3.05, 3.63) is 34.9 Å². The predicted molar refractivity (Wildman–Crippen MR) is 47.6 cm³/mol. The maximum Gasteiger partial charge on any atom is 0.191 e. The van der Waals surface area contributed by atoms with E-state index in [1.807, 2.05) is 12.1 Å². The molecule has 0 saturated carbocycles. The summed E-state index contributed by atoms with van der Waals surface area (Å²) in [4.78, 5) is 0. The summed E-state index contributed by atoms with van der Waals surface area (Å²) in [6.45, 7) is 0.504. The van der Waals surface area contributed by atoms with E-state index in [-0.39, 0.29) is 0 Å². The standard InChI is InChI=1S/C9H5NOS/c10-4-6-1-2-8-7(3-6)5-11-9(8)12/h1-3H,5H2. The molecule has 2 nitrogen and oxygen atoms in total. The summed E-state index contributed by atoms with van der Waals surface area (Å²) in [6.07, 6.45) is 0. The summed E-state index contributed by atoms with van der Waals surface area (Å²) in [5.41, 5.74) is 2.62. The lowest BCUT2D eigenvalue weighted by Gasteiger charge is -1.93. The quantitative estimate of drug-likeness (QED) is 0.563. The molecule has 1 aliphatic heterocycles. The Morgan fingerprint density at radius 1 is 1.50 bits per heavy atom. The van der Waals surface area contributed by atoms with Crippen molar-refractivity contribution in [3.8, 4) is 6.07 Å². The summed E-state index contributed by atoms with van der Waals surface area (Å²) in [6, 6.07) is 7.47. The number of hydrogen-bond acceptors (Lipinski definition) is 3. The minimum Gasteiger partial charge on any atom is -0.478 e. The van der Waals surface area contributed by atoms with Gasteiger partial charge in [-0.05, 0) is 30.4 Å². The second-order valence-corrected chi connectivity index (χ2v) is 2.93. The van der Waals surface area contributed by atoms with Crippen molar-refractivity contribution in [2.24, 2.45) is 0 Å². The highest BCUT2D eigenvalue weighted by Crippen LogP contribution is 2.21. The normalized spacial score (nSPS) is 13.4. The van der Waals surface area contributed by atoms with Gasteiger partial charge in [0.2, 0.25) is 0 Å². The van der Waals surface area contributed by atoms with Crippen LogP contribution in [-0.4, -0.2) is 5.05 Å². The van der Waals surface area contributed by atoms with Gasteiger partial charge in [0.1, 0.15) is 6.61 Å². The summed E-state index contributed by atoms with van der Waals surface area (Å²) in [7, 11) is 0. The second-order valence-electron chi connectivity index (χ2n) is 2.56. The molecule has 0 bridgehead atoms. The minimum atomic E-state index is 0.504. The Balaban J connectivity index is 2.57. The number of hydrogen-bond donors (Lipinski definition) is 0. The highest BCUT2D eigenvalue weighted by molar-refractivity contribution is 7.80. The second kappa shape index (κ2) is 2.58. The van der Waals surface area contributed by atoms with E-state index in [9.17, 15) is 0 Å². The Hall–Kier alpha value is -1.40. The molecular weight excluding hydrogens is 170 g/mol. The number of thiocarbonyl (C=S) groups is 1. The van der Waals surface area contributed by atoms with Crippen molar-refractivity contribution in [3.63, 3.8) is 0 Å². The van der Waals surface area contributed by atoms with Crippen molar-refractivity contribution >= 4 is 17.3 Å². The predicted octanol–water partition coefficient (Wildman–Crippen LogP) is 1.76. The summed E-state index contributed by atoms with van der Waals surface area (Å²) in [5.74, 6) is 0. The fourth-order valence-corrected chi connectivity index (χ4v) is 1.46. The van der Waals surface area contributed by atoms with Gasteiger partial charge in [0.05, 0.1) is 11.6 Å². The fraction of sp³-hybridized carbons (Fsp3) is 0.111. The van der Waals surface area contributed by atoms with Crippen molar-refractivity contribution < 1.29 is 4.74 Å². The van der Waals surface area contributed by atoms with E-state index in [0.29, 0.717) is 17.2 Å². The molecule has 0 amide bonds. The molecular formula is C9H5NOS. The zero-order valence-corrected chi connectivity index (χ0v) is 7.02. The van der Waals surface area contributed by atoms with E-state index in [0.717, 1.165) is 11.1 Å². The number of rotatable bonds is 0. The average Bonchev–Trinajstić information content (AvgIpc) is 2.47. The zero-order chi connectivity index (χ0) is 8.55. The lowest BCUT2D eigenvalue weighted by molar-refractivity contribution is 0.320. The molecule has 0 N–H and O–H groups in total. The largest absolute Gasteiger partial charge is 0.478 e. The molecule has 12 heavy (non-hydrogen) atoms. The van der Waals surface area contributed by atoms with E-state index < -0.39 is 0 Å². The van der Waals surface area contributed by atoms with E-state index in [2.05, 4.69) is 6.07 Å². The first-order valence-corrected chi connectivity index (χ1v) is 3.92. The molecule has 0 fully saturated rings. The highest BCUT2D eigenvalue weighted by Gasteiger charge is 2.16. The maximum atomic E-state index is 8.61. The summed E-state index contributed by atoms with van der Waals surface area (Å²) >= 11 is 4.95. The molecule has 1 aromatic carbocycles. The smallest absolute Gasteiger partial charge is 0.191 e. The molecule has 0 atom stereocenters. The molecule has 0 spiro atoms. The monoisotopic (exact) mass is 175 g/mol. The Bertz CT molecular complexity index is 392. The lowest BCUT2D eigenvalue weighted by Crippen LogP contribution is -1.90. The van der Waals surface area contributed by atoms with Crippen LogP contribution in [0.1, 0.15) is 16.7 Å². The molecule has 0 saturated heterocycles. The van der Waals surface area contributed by atoms with E-state index in [1.165, 1.54) is 0 Å². The average molecular weight is 175 g/mol. The molecule has 58 valence electrons. The van der Waals surface area contributed by atoms with Gasteiger partial charge >= 0.3 is 0 Å². The van der Waals surface area contributed by atoms with Crippen LogP contribution in [0.4, 0.5) is 0 Å². The molecule has 3 heteroatoms. The van der Waals surface area contributed by atoms with E-state index in [4.69, 9.17) is 22.2 Å². The molecule has 0 aromatic heterocycles. The van der Waals surface area contributed by atoms with Gasteiger partial charge in [0, 0.05) is 11.1 Å². The zero-order valence-electron chi connectivity index (χ0n) is 6.20. The Kier molecular flexibility index (Phi) is 1.56. The van der Waals surface area contributed by atoms with Crippen LogP contribution in [0.5, 0.6) is 0 Å². The van der Waals surface area contributed by atoms with Gasteiger partial charge in [-0.1, -0.05) is 0 Å². The van der Waals surface area contributed by atoms with Gasteiger partial charge in [-0.15, -0.1) is 0 Å². The Morgan fingerprint density at radius 3 is 3.08 bits per heavy atom. The molecule has 0 aliphatic carbocycles. The maximum absolute atomic E-state index is 8.61. The molecule has 0 unspecified atom stereocenters. The number of nitrogens with zero attached hydrogens (tertiary/aromatic N) is 1. The highest BCUT2D eigenvalue weighted by atomic mass is 32.1. The van der Waals surface area contributed by atoms with Crippen LogP contribution in [0.2, 0.25) is 0 Å². The van der Waals surface area contributed by atoms with Gasteiger partial charge in [0.15, 0.2) is 5.05 Å². The van der Waals surface area contributed by atoms with Gasteiger partial charge in [-0.25, -0.2) is 0 Å². The number of fused-ring (bicyclic) bond motifs is 1. The summed E-state index contributed by atoms with van der Waals surface area (Å²) in [5, 5.41) is 9.15. The van der Waals surface area contributed by atoms with Gasteiger partial charge in [-0.3, -0.25) is 0 Å². The van der Waals surface area contributed by atoms with Gasteiger partial charge in [-0.2, -0.15) is 5.26 Å². The first-order valence-electron chi connectivity index (χ1n) is 3.51. The molecule has 0 radical (unpaired) electrons. The first kappa shape index (κ1) is 7.26. The minimum absolute atomic E-state index is 0.504. The van der Waals surface area contributed by atoms with Crippen LogP contribution in [0.15, 0.2) is 18.2 Å². The van der Waals surface area contributed by atoms with Gasteiger partial charge in [0.25, 0.3) is 0 Å². The third kappa shape index (κ3) is 0.973. The van der Waals surface area contributed by atoms with Crippen LogP contribution in [0.3, 0.4) is 0 Å². The van der Waals surface area contributed by atoms with Gasteiger partial charge < -0.3 is 4.74 Å². The third-order valence-electron chi connectivity index (χ3n) is 1.81. The number of nitriles is 1. The lowest BCUT2D eigenvalue weighted by atomic mass is 10.1. The van der Waals surface area contributed by atoms with Crippen molar-refractivity contribution in [2.45, 2.75) is 6.61 Å². The molecule has 2 rings (SSSR count). The van der Waals surface area contributed by atoms with Crippen LogP contribution in [0, 0.1) is 11.3 Å². The number of ether oxygens (including phenoxy) is 1. The molecule has 1 heterocycles. The SMILES string of the molecule is N#Cc1ccc2c(c1)COC2=S. The Morgan fingerprint density at radius 2 is 2.33 bits per heavy atom. The summed E-state index contributed by atoms with van der Waals surface area (Å²) < 4.78 is 5.14. The third-order valence-corrected chi connectivity index (χ3v) is 2.15.